The Kier molecular flexibility index (Phi) is 8.59. The molecule has 5 rings (SSSR count). The number of nitrogens with one attached hydrogen (secondary N) is 1. The van der Waals surface area contributed by atoms with Gasteiger partial charge in [0.15, 0.2) is 10.8 Å². The van der Waals surface area contributed by atoms with Crippen molar-refractivity contribution in [2.24, 2.45) is 10.6 Å². The van der Waals surface area contributed by atoms with E-state index in [4.69, 9.17) is 15.7 Å². The van der Waals surface area contributed by atoms with Gasteiger partial charge < -0.3 is 31.0 Å². The molecule has 2 aliphatic heterocycles. The molecular formula is C23H23N9O7S3. The van der Waals surface area contributed by atoms with E-state index in [1.165, 1.54) is 16.7 Å². The summed E-state index contributed by atoms with van der Waals surface area (Å²) in [6.45, 7) is -0.486. The van der Waals surface area contributed by atoms with Crippen LogP contribution in [0.4, 0.5) is 5.13 Å². The van der Waals surface area contributed by atoms with E-state index in [2.05, 4.69) is 31.0 Å². The fraction of sp³-hybridized carbons (Fsp3) is 0.348. The lowest BCUT2D eigenvalue weighted by Crippen LogP contribution is -2.74. The third kappa shape index (κ3) is 6.16. The minimum absolute atomic E-state index is 0.0103. The monoisotopic (exact) mass is 633 g/mol. The highest BCUT2D eigenvalue weighted by atomic mass is 32.2. The molecule has 2 aromatic heterocycles. The first-order chi connectivity index (χ1) is 20.2. The highest BCUT2D eigenvalue weighted by Crippen LogP contribution is 2.44. The number of β-lactam (4-membered cyclic amide) rings is 1. The number of thioether (sulfide) groups is 2. The fourth-order valence-electron chi connectivity index (χ4n) is 4.19. The molecule has 5 N–H and O–H groups in total. The van der Waals surface area contributed by atoms with E-state index in [0.29, 0.717) is 0 Å². The molecule has 0 radical (unpaired) electrons. The maximum Gasteiger partial charge on any atom is 0.325 e. The Balaban J connectivity index is 1.24. The maximum absolute atomic E-state index is 13.3. The van der Waals surface area contributed by atoms with Crippen molar-refractivity contribution in [2.45, 2.75) is 29.7 Å². The third-order valence-electron chi connectivity index (χ3n) is 6.36. The summed E-state index contributed by atoms with van der Waals surface area (Å²) in [6, 6.07) is 8.30. The number of nitrogen functional groups attached to an aromatic ring is 1. The third-order valence-corrected chi connectivity index (χ3v) is 9.87. The first kappa shape index (κ1) is 29.3. The van der Waals surface area contributed by atoms with Crippen LogP contribution in [0.5, 0.6) is 0 Å². The summed E-state index contributed by atoms with van der Waals surface area (Å²) in [4.78, 5) is 60.7. The zero-order chi connectivity index (χ0) is 29.9. The molecular weight excluding hydrogens is 611 g/mol. The van der Waals surface area contributed by atoms with Gasteiger partial charge in [-0.2, -0.15) is 0 Å². The smallest absolute Gasteiger partial charge is 0.325 e. The molecule has 42 heavy (non-hydrogen) atoms. The van der Waals surface area contributed by atoms with Gasteiger partial charge in [-0.25, -0.2) is 9.67 Å². The molecule has 0 spiro atoms. The highest BCUT2D eigenvalue weighted by Gasteiger charge is 2.57. The normalized spacial score (nSPS) is 21.8. The average molecular weight is 634 g/mol. The minimum atomic E-state index is -1.35. The van der Waals surface area contributed by atoms with Crippen LogP contribution in [-0.4, -0.2) is 99.2 Å². The van der Waals surface area contributed by atoms with Gasteiger partial charge in [-0.1, -0.05) is 47.2 Å². The van der Waals surface area contributed by atoms with Crippen molar-refractivity contribution >= 4 is 69.5 Å². The number of nitrogens with two attached hydrogens (primary N) is 1. The van der Waals surface area contributed by atoms with Crippen molar-refractivity contribution in [1.82, 2.24) is 35.4 Å². The number of carboxylic acid groups (broad SMARTS) is 2. The molecule has 0 aliphatic carbocycles. The quantitative estimate of drug-likeness (QED) is 0.0890. The van der Waals surface area contributed by atoms with Crippen LogP contribution in [0.15, 0.2) is 46.0 Å². The second-order valence-electron chi connectivity index (χ2n) is 9.28. The molecule has 3 aromatic rings. The number of fused-ring (bicyclic) bond motifs is 1. The standard InChI is InChI=1S/C23H23N9O7S3/c24-21-25-13(8-40-21)15(28-39-7-12-4-2-1-3-5-12)17(35)26-16-18(36)31-9-23(20(37)38,10-41-19(16)31)11-42-22-27-29-30-32(22)6-14(33)34/h1-5,8,16,19H,6-7,9-11H2,(H2,24,25)(H,26,35)(H,33,34)(H,37,38)/t16?,19-,23?/m1/s1. The van der Waals surface area contributed by atoms with Crippen LogP contribution < -0.4 is 11.1 Å². The topological polar surface area (TPSA) is 228 Å². The summed E-state index contributed by atoms with van der Waals surface area (Å²) in [5.74, 6) is -3.30. The molecule has 220 valence electrons. The lowest BCUT2D eigenvalue weighted by molar-refractivity contribution is -0.157. The van der Waals surface area contributed by atoms with Gasteiger partial charge in [-0.15, -0.1) is 28.2 Å². The zero-order valence-corrected chi connectivity index (χ0v) is 24.0. The Hall–Kier alpha value is -4.23. The molecule has 2 fully saturated rings. The molecule has 0 bridgehead atoms. The Bertz CT molecular complexity index is 1530. The van der Waals surface area contributed by atoms with Crippen LogP contribution in [-0.2, 0) is 37.2 Å². The summed E-state index contributed by atoms with van der Waals surface area (Å²) in [5, 5.41) is 38.1. The van der Waals surface area contributed by atoms with Gasteiger partial charge in [0.25, 0.3) is 5.91 Å². The number of carbonyl (C=O) groups excluding carboxylic acids is 2. The number of anilines is 1. The number of hydrogen-bond acceptors (Lipinski definition) is 14. The summed E-state index contributed by atoms with van der Waals surface area (Å²) >= 11 is 3.33. The maximum atomic E-state index is 13.3. The first-order valence-electron chi connectivity index (χ1n) is 12.2. The largest absolute Gasteiger partial charge is 0.481 e. The molecule has 2 saturated heterocycles. The first-order valence-corrected chi connectivity index (χ1v) is 15.1. The SMILES string of the molecule is Nc1nc(C(=NOCc2ccccc2)C(=O)NC2C(=O)N3CC(CSc4nnnn4CC(=O)O)(C(=O)O)CS[C@H]23)cs1. The Morgan fingerprint density at radius 3 is 2.74 bits per heavy atom. The molecule has 16 nitrogen and oxygen atoms in total. The number of aliphatic carboxylic acids is 2. The Morgan fingerprint density at radius 1 is 1.26 bits per heavy atom. The number of hydrogen-bond donors (Lipinski definition) is 4. The van der Waals surface area contributed by atoms with Crippen molar-refractivity contribution in [3.63, 3.8) is 0 Å². The number of nitrogens with zero attached hydrogens (tertiary/aromatic N) is 7. The number of aromatic nitrogens is 5. The van der Waals surface area contributed by atoms with Crippen LogP contribution in [0.25, 0.3) is 0 Å². The van der Waals surface area contributed by atoms with E-state index in [9.17, 15) is 24.3 Å². The van der Waals surface area contributed by atoms with Crippen LogP contribution in [0.1, 0.15) is 11.3 Å². The number of tetrazole rings is 1. The molecule has 2 unspecified atom stereocenters. The number of oxime groups is 1. The predicted molar refractivity (Wildman–Crippen MR) is 150 cm³/mol. The van der Waals surface area contributed by atoms with E-state index in [1.54, 1.807) is 5.38 Å². The highest BCUT2D eigenvalue weighted by molar-refractivity contribution is 8.00. The van der Waals surface area contributed by atoms with Crippen molar-refractivity contribution < 1.29 is 34.2 Å². The van der Waals surface area contributed by atoms with E-state index in [1.807, 2.05) is 30.3 Å². The van der Waals surface area contributed by atoms with Gasteiger partial charge in [0.05, 0.1) is 0 Å². The lowest BCUT2D eigenvalue weighted by Gasteiger charge is -2.53. The van der Waals surface area contributed by atoms with Gasteiger partial charge in [0, 0.05) is 23.4 Å². The van der Waals surface area contributed by atoms with Crippen LogP contribution in [0.2, 0.25) is 0 Å². The summed E-state index contributed by atoms with van der Waals surface area (Å²) in [7, 11) is 0. The molecule has 3 atom stereocenters. The van der Waals surface area contributed by atoms with Gasteiger partial charge in [0.2, 0.25) is 11.1 Å². The van der Waals surface area contributed by atoms with Crippen molar-refractivity contribution in [2.75, 3.05) is 23.8 Å². The summed E-state index contributed by atoms with van der Waals surface area (Å²) < 4.78 is 1.06. The zero-order valence-electron chi connectivity index (χ0n) is 21.5. The summed E-state index contributed by atoms with van der Waals surface area (Å²) in [6.07, 6.45) is 0. The summed E-state index contributed by atoms with van der Waals surface area (Å²) in [5.41, 5.74) is 5.26. The Morgan fingerprint density at radius 2 is 2.05 bits per heavy atom. The molecule has 19 heteroatoms. The molecule has 1 aromatic carbocycles. The van der Waals surface area contributed by atoms with Gasteiger partial charge in [0.1, 0.15) is 35.7 Å². The van der Waals surface area contributed by atoms with Crippen molar-refractivity contribution in [3.05, 3.63) is 47.0 Å². The van der Waals surface area contributed by atoms with Crippen molar-refractivity contribution in [3.8, 4) is 0 Å². The molecule has 2 amide bonds. The number of amides is 2. The second-order valence-corrected chi connectivity index (χ2v) is 12.2. The minimum Gasteiger partial charge on any atom is -0.481 e. The van der Waals surface area contributed by atoms with Gasteiger partial charge in [-0.05, 0) is 16.0 Å². The van der Waals surface area contributed by atoms with Crippen LogP contribution in [0.3, 0.4) is 0 Å². The number of benzene rings is 1. The van der Waals surface area contributed by atoms with E-state index in [-0.39, 0.29) is 46.4 Å². The van der Waals surface area contributed by atoms with Crippen LogP contribution >= 0.6 is 34.9 Å². The van der Waals surface area contributed by atoms with Crippen molar-refractivity contribution in [1.29, 1.82) is 0 Å². The van der Waals surface area contributed by atoms with E-state index >= 15 is 0 Å². The second kappa shape index (κ2) is 12.3. The molecule has 2 aliphatic rings. The lowest BCUT2D eigenvalue weighted by atomic mass is 9.89. The fourth-order valence-corrected chi connectivity index (χ4v) is 7.48. The number of thiazole rings is 1. The number of carbonyl (C=O) groups is 4. The predicted octanol–water partition coefficient (Wildman–Crippen LogP) is -0.0195. The van der Waals surface area contributed by atoms with Gasteiger partial charge >= 0.3 is 11.9 Å². The van der Waals surface area contributed by atoms with Crippen LogP contribution in [0, 0.1) is 5.41 Å². The number of rotatable bonds is 12. The molecule has 0 saturated carbocycles. The molecule has 4 heterocycles. The van der Waals surface area contributed by atoms with E-state index < -0.39 is 47.1 Å². The van der Waals surface area contributed by atoms with Gasteiger partial charge in [-0.3, -0.25) is 19.2 Å². The average Bonchev–Trinajstić information content (AvgIpc) is 3.61. The number of carboxylic acids is 2. The van der Waals surface area contributed by atoms with E-state index in [0.717, 1.165) is 33.3 Å². The Labute approximate surface area is 249 Å².